The smallest absolute Gasteiger partial charge is 0.0534 e. The Bertz CT molecular complexity index is 255. The van der Waals surface area contributed by atoms with Gasteiger partial charge < -0.3 is 15.6 Å². The van der Waals surface area contributed by atoms with E-state index in [4.69, 9.17) is 15.6 Å². The standard InChI is InChI=1S/C5H13NOSi.2C3H7NO/c1-3-5(8)4(2)6-7;2*1-3(2)4-5/h5,7H,3H2,1-2,8H3;2*5H,1-2H3. The van der Waals surface area contributed by atoms with Crippen molar-refractivity contribution in [3.05, 3.63) is 0 Å². The minimum Gasteiger partial charge on any atom is -0.411 e. The monoisotopic (exact) mass is 277 g/mol. The minimum atomic E-state index is 0.556. The van der Waals surface area contributed by atoms with E-state index in [1.165, 1.54) is 0 Å². The molecule has 3 N–H and O–H groups in total. The fourth-order valence-corrected chi connectivity index (χ4v) is 0.509. The molecule has 0 aromatic rings. The number of nitrogens with zero attached hydrogens (tertiary/aromatic N) is 3. The van der Waals surface area contributed by atoms with Gasteiger partial charge in [0, 0.05) is 10.2 Å². The molecule has 0 amide bonds. The van der Waals surface area contributed by atoms with Gasteiger partial charge in [0.1, 0.15) is 0 Å². The summed E-state index contributed by atoms with van der Waals surface area (Å²) in [7, 11) is 1.09. The Labute approximate surface area is 113 Å². The summed E-state index contributed by atoms with van der Waals surface area (Å²) in [5.74, 6) is 0. The lowest BCUT2D eigenvalue weighted by molar-refractivity contribution is 0.317. The number of hydrogen-bond acceptors (Lipinski definition) is 6. The van der Waals surface area contributed by atoms with Gasteiger partial charge in [-0.05, 0) is 40.2 Å². The molecule has 0 aliphatic rings. The van der Waals surface area contributed by atoms with Crippen molar-refractivity contribution >= 4 is 27.4 Å². The van der Waals surface area contributed by atoms with E-state index in [1.54, 1.807) is 27.7 Å². The molecule has 1 atom stereocenters. The third-order valence-corrected chi connectivity index (χ3v) is 3.54. The van der Waals surface area contributed by atoms with Gasteiger partial charge in [0.25, 0.3) is 0 Å². The van der Waals surface area contributed by atoms with Gasteiger partial charge >= 0.3 is 0 Å². The first kappa shape index (κ1) is 21.9. The first-order chi connectivity index (χ1) is 8.26. The van der Waals surface area contributed by atoms with Crippen LogP contribution in [-0.4, -0.2) is 43.0 Å². The average Bonchev–Trinajstić information content (AvgIpc) is 2.37. The lowest BCUT2D eigenvalue weighted by atomic mass is 10.2. The maximum atomic E-state index is 8.25. The van der Waals surface area contributed by atoms with E-state index < -0.39 is 0 Å². The third-order valence-electron chi connectivity index (χ3n) is 1.88. The van der Waals surface area contributed by atoms with Crippen molar-refractivity contribution in [3.8, 4) is 0 Å². The Balaban J connectivity index is -0.000000197. The van der Waals surface area contributed by atoms with Crippen LogP contribution in [0, 0.1) is 0 Å². The summed E-state index contributed by atoms with van der Waals surface area (Å²) >= 11 is 0. The summed E-state index contributed by atoms with van der Waals surface area (Å²) < 4.78 is 0. The zero-order valence-corrected chi connectivity index (χ0v) is 14.5. The maximum Gasteiger partial charge on any atom is 0.0534 e. The van der Waals surface area contributed by atoms with Gasteiger partial charge in [-0.1, -0.05) is 28.8 Å². The zero-order chi connectivity index (χ0) is 15.1. The third kappa shape index (κ3) is 24.1. The van der Waals surface area contributed by atoms with E-state index in [2.05, 4.69) is 22.4 Å². The molecule has 0 spiro atoms. The second-order valence-corrected chi connectivity index (χ2v) is 5.54. The van der Waals surface area contributed by atoms with Crippen molar-refractivity contribution in [2.24, 2.45) is 15.5 Å². The summed E-state index contributed by atoms with van der Waals surface area (Å²) in [6, 6.07) is 0. The topological polar surface area (TPSA) is 97.8 Å². The molecule has 108 valence electrons. The summed E-state index contributed by atoms with van der Waals surface area (Å²) in [6.45, 7) is 10.9. The molecule has 0 aromatic carbocycles. The molecule has 0 fully saturated rings. The first-order valence-corrected chi connectivity index (χ1v) is 6.91. The highest BCUT2D eigenvalue weighted by Gasteiger charge is 2.00. The second-order valence-electron chi connectivity index (χ2n) is 4.15. The molecule has 0 saturated carbocycles. The highest BCUT2D eigenvalue weighted by Crippen LogP contribution is 2.05. The molecule has 6 nitrogen and oxygen atoms in total. The van der Waals surface area contributed by atoms with Crippen LogP contribution < -0.4 is 0 Å². The van der Waals surface area contributed by atoms with Crippen molar-refractivity contribution in [2.45, 2.75) is 53.5 Å². The van der Waals surface area contributed by atoms with Crippen LogP contribution in [0.15, 0.2) is 15.5 Å². The lowest BCUT2D eigenvalue weighted by Crippen LogP contribution is -2.02. The van der Waals surface area contributed by atoms with Crippen molar-refractivity contribution < 1.29 is 15.6 Å². The van der Waals surface area contributed by atoms with Crippen molar-refractivity contribution in [1.82, 2.24) is 0 Å². The van der Waals surface area contributed by atoms with Gasteiger partial charge in [0.15, 0.2) is 0 Å². The summed E-state index contributed by atoms with van der Waals surface area (Å²) in [5, 5.41) is 32.4. The van der Waals surface area contributed by atoms with Crippen molar-refractivity contribution in [2.75, 3.05) is 0 Å². The van der Waals surface area contributed by atoms with E-state index in [-0.39, 0.29) is 0 Å². The predicted octanol–water partition coefficient (Wildman–Crippen LogP) is 2.11. The summed E-state index contributed by atoms with van der Waals surface area (Å²) in [5.41, 5.74) is 2.80. The highest BCUT2D eigenvalue weighted by molar-refractivity contribution is 6.24. The molecule has 0 aliphatic carbocycles. The normalized spacial score (nSPS) is 11.1. The fourth-order valence-electron chi connectivity index (χ4n) is 0.394. The number of rotatable bonds is 2. The largest absolute Gasteiger partial charge is 0.411 e. The molecule has 1 unspecified atom stereocenters. The lowest BCUT2D eigenvalue weighted by Gasteiger charge is -2.02. The van der Waals surface area contributed by atoms with Crippen LogP contribution in [0.2, 0.25) is 5.54 Å². The zero-order valence-electron chi connectivity index (χ0n) is 12.5. The molecular formula is C11H27N3O3Si. The Morgan fingerprint density at radius 2 is 1.17 bits per heavy atom. The summed E-state index contributed by atoms with van der Waals surface area (Å²) in [4.78, 5) is 0. The molecule has 0 radical (unpaired) electrons. The maximum absolute atomic E-state index is 8.25. The van der Waals surface area contributed by atoms with Crippen LogP contribution in [0.3, 0.4) is 0 Å². The molecular weight excluding hydrogens is 250 g/mol. The SMILES string of the molecule is CC(C)=NO.CC(C)=NO.CCC([SiH3])C(C)=NO. The van der Waals surface area contributed by atoms with E-state index in [1.807, 2.05) is 6.92 Å². The van der Waals surface area contributed by atoms with Gasteiger partial charge in [-0.3, -0.25) is 0 Å². The molecule has 0 bridgehead atoms. The number of hydrogen-bond donors (Lipinski definition) is 3. The molecule has 0 aromatic heterocycles. The quantitative estimate of drug-likeness (QED) is 0.312. The van der Waals surface area contributed by atoms with E-state index in [0.717, 1.165) is 22.4 Å². The molecule has 0 heterocycles. The Morgan fingerprint density at radius 3 is 1.22 bits per heavy atom. The van der Waals surface area contributed by atoms with Crippen molar-refractivity contribution in [3.63, 3.8) is 0 Å². The minimum absolute atomic E-state index is 0.556. The number of oxime groups is 3. The van der Waals surface area contributed by atoms with E-state index in [9.17, 15) is 0 Å². The molecule has 0 rings (SSSR count). The van der Waals surface area contributed by atoms with Gasteiger partial charge in [0.2, 0.25) is 0 Å². The van der Waals surface area contributed by atoms with Crippen LogP contribution in [0.25, 0.3) is 0 Å². The van der Waals surface area contributed by atoms with Crippen LogP contribution >= 0.6 is 0 Å². The molecule has 7 heteroatoms. The van der Waals surface area contributed by atoms with Gasteiger partial charge in [-0.15, -0.1) is 0 Å². The van der Waals surface area contributed by atoms with Crippen LogP contribution in [0.4, 0.5) is 0 Å². The first-order valence-electron chi connectivity index (χ1n) is 5.75. The van der Waals surface area contributed by atoms with Crippen LogP contribution in [0.5, 0.6) is 0 Å². The second kappa shape index (κ2) is 15.6. The van der Waals surface area contributed by atoms with Crippen molar-refractivity contribution in [1.29, 1.82) is 0 Å². The van der Waals surface area contributed by atoms with Crippen LogP contribution in [-0.2, 0) is 0 Å². The van der Waals surface area contributed by atoms with Crippen LogP contribution in [0.1, 0.15) is 48.0 Å². The molecule has 0 aliphatic heterocycles. The Hall–Kier alpha value is -1.37. The van der Waals surface area contributed by atoms with E-state index in [0.29, 0.717) is 17.0 Å². The fraction of sp³-hybridized carbons (Fsp3) is 0.727. The molecule has 18 heavy (non-hydrogen) atoms. The van der Waals surface area contributed by atoms with Gasteiger partial charge in [-0.25, -0.2) is 0 Å². The van der Waals surface area contributed by atoms with Gasteiger partial charge in [-0.2, -0.15) is 0 Å². The Morgan fingerprint density at radius 1 is 0.889 bits per heavy atom. The average molecular weight is 277 g/mol. The Kier molecular flexibility index (Phi) is 19.0. The highest BCUT2D eigenvalue weighted by atomic mass is 28.1. The predicted molar refractivity (Wildman–Crippen MR) is 80.0 cm³/mol. The molecule has 0 saturated heterocycles. The van der Waals surface area contributed by atoms with Gasteiger partial charge in [0.05, 0.1) is 17.1 Å². The van der Waals surface area contributed by atoms with E-state index >= 15 is 0 Å². The summed E-state index contributed by atoms with van der Waals surface area (Å²) in [6.07, 6.45) is 1.10.